The highest BCUT2D eigenvalue weighted by Crippen LogP contribution is 2.63. The fourth-order valence-corrected chi connectivity index (χ4v) is 9.63. The van der Waals surface area contributed by atoms with Crippen molar-refractivity contribution in [2.75, 3.05) is 33.3 Å². The van der Waals surface area contributed by atoms with Crippen LogP contribution in [0.15, 0.2) is 6.07 Å². The molecule has 4 bridgehead atoms. The van der Waals surface area contributed by atoms with Crippen LogP contribution in [0.25, 0.3) is 0 Å². The first kappa shape index (κ1) is 30.9. The fraction of sp³-hybridized carbons (Fsp3) is 0.531. The number of methoxy groups -OCH3 is 1. The summed E-state index contributed by atoms with van der Waals surface area (Å²) in [4.78, 5) is 42.1. The quantitative estimate of drug-likeness (QED) is 0.327. The van der Waals surface area contributed by atoms with Gasteiger partial charge in [0.15, 0.2) is 23.0 Å². The number of phenolic OH excluding ortho intramolecular Hbond substituents is 1. The van der Waals surface area contributed by atoms with Gasteiger partial charge in [0, 0.05) is 47.9 Å². The first-order valence-corrected chi connectivity index (χ1v) is 16.3. The second kappa shape index (κ2) is 11.2. The molecule has 5 aliphatic heterocycles. The molecule has 7 rings (SSSR count). The lowest BCUT2D eigenvalue weighted by Gasteiger charge is -2.62. The molecule has 0 aromatic heterocycles. The Hall–Kier alpha value is -3.72. The van der Waals surface area contributed by atoms with Gasteiger partial charge < -0.3 is 39.2 Å². The van der Waals surface area contributed by atoms with Crippen molar-refractivity contribution in [3.05, 3.63) is 39.4 Å². The van der Waals surface area contributed by atoms with E-state index >= 15 is 0 Å². The maximum atomic E-state index is 13.3. The molecule has 2 aromatic carbocycles. The first-order chi connectivity index (χ1) is 21.9. The van der Waals surface area contributed by atoms with Gasteiger partial charge in [-0.1, -0.05) is 6.07 Å². The summed E-state index contributed by atoms with van der Waals surface area (Å²) in [6, 6.07) is -1.08. The number of hydrogen-bond donors (Lipinski definition) is 3. The van der Waals surface area contributed by atoms with Crippen molar-refractivity contribution in [3.63, 3.8) is 0 Å². The Balaban J connectivity index is 1.52. The van der Waals surface area contributed by atoms with Gasteiger partial charge in [-0.25, -0.2) is 4.79 Å². The molecule has 0 radical (unpaired) electrons. The number of carbonyl (C=O) groups is 3. The minimum Gasteiger partial charge on any atom is -0.504 e. The number of phenols is 1. The van der Waals surface area contributed by atoms with Crippen molar-refractivity contribution < 1.29 is 48.3 Å². The summed E-state index contributed by atoms with van der Waals surface area (Å²) in [7, 11) is 3.45. The Morgan fingerprint density at radius 2 is 1.83 bits per heavy atom. The molecule has 1 unspecified atom stereocenters. The summed E-state index contributed by atoms with van der Waals surface area (Å²) in [6.45, 7) is 6.10. The molecule has 2 fully saturated rings. The Kier molecular flexibility index (Phi) is 7.54. The van der Waals surface area contributed by atoms with Crippen molar-refractivity contribution in [3.8, 4) is 28.7 Å². The van der Waals surface area contributed by atoms with Gasteiger partial charge in [0.1, 0.15) is 24.6 Å². The van der Waals surface area contributed by atoms with Crippen molar-refractivity contribution in [2.45, 2.75) is 75.8 Å². The van der Waals surface area contributed by atoms with Crippen LogP contribution in [0, 0.1) is 13.8 Å². The third-order valence-corrected chi connectivity index (χ3v) is 11.3. The second-order valence-electron chi connectivity index (χ2n) is 12.5. The summed E-state index contributed by atoms with van der Waals surface area (Å²) in [5.74, 6) is 0.223. The molecule has 246 valence electrons. The SMILES string of the molecule is COc1c(C)cc2c(c1O)[C@@H]1C3[C@@H]4SC[C@H](NC(C)=O)C(=O)OC[C@@H](c5c6c(c(C)c(OC(C)=O)c54)OCO6)N3[C@@H](O)[C@@H](C2)N1C. The number of ether oxygens (including phenoxy) is 5. The first-order valence-electron chi connectivity index (χ1n) is 15.2. The third kappa shape index (κ3) is 4.44. The van der Waals surface area contributed by atoms with Gasteiger partial charge >= 0.3 is 11.9 Å². The normalized spacial score (nSPS) is 29.6. The summed E-state index contributed by atoms with van der Waals surface area (Å²) >= 11 is 1.38. The number of aliphatic hydroxyl groups is 1. The van der Waals surface area contributed by atoms with E-state index in [4.69, 9.17) is 23.7 Å². The standard InChI is InChI=1S/C32H37N3O10S/c1-12-7-16-8-18-31(39)35-19-9-42-32(40)17(33-14(3)36)10-46-30(24(35)23(34(18)5)20(16)25(38)26(12)41-6)22-21(19)29-28(43-11-44-29)13(2)27(22)45-15(4)37/h7,17-19,23-24,30-31,38-39H,8-11H2,1-6H3,(H,33,36)/t17-,18+,19-,23+,24?,30+,31-/m0/s1. The molecule has 3 N–H and O–H groups in total. The van der Waals surface area contributed by atoms with E-state index in [0.29, 0.717) is 51.7 Å². The fourth-order valence-electron chi connectivity index (χ4n) is 8.12. The lowest BCUT2D eigenvalue weighted by atomic mass is 9.73. The van der Waals surface area contributed by atoms with E-state index in [1.165, 1.54) is 32.7 Å². The number of nitrogens with zero attached hydrogens (tertiary/aromatic N) is 2. The highest BCUT2D eigenvalue weighted by Gasteiger charge is 2.60. The number of piperazine rings is 1. The molecule has 14 heteroatoms. The highest BCUT2D eigenvalue weighted by molar-refractivity contribution is 7.99. The maximum Gasteiger partial charge on any atom is 0.329 e. The number of aliphatic hydroxyl groups excluding tert-OH is 1. The molecule has 13 nitrogen and oxygen atoms in total. The van der Waals surface area contributed by atoms with E-state index in [-0.39, 0.29) is 36.9 Å². The van der Waals surface area contributed by atoms with E-state index < -0.39 is 47.6 Å². The number of amides is 1. The monoisotopic (exact) mass is 655 g/mol. The molecule has 5 heterocycles. The average Bonchev–Trinajstić information content (AvgIpc) is 3.48. The number of carbonyl (C=O) groups excluding carboxylic acids is 3. The topological polar surface area (TPSA) is 156 Å². The number of rotatable bonds is 3. The van der Waals surface area contributed by atoms with Gasteiger partial charge in [-0.3, -0.25) is 19.4 Å². The molecule has 0 aliphatic carbocycles. The van der Waals surface area contributed by atoms with Gasteiger partial charge in [-0.05, 0) is 38.4 Å². The minimum atomic E-state index is -1.02. The van der Waals surface area contributed by atoms with Crippen LogP contribution in [0.5, 0.6) is 28.7 Å². The van der Waals surface area contributed by atoms with E-state index in [1.807, 2.05) is 24.9 Å². The number of nitrogens with one attached hydrogen (secondary N) is 1. The zero-order chi connectivity index (χ0) is 32.8. The summed E-state index contributed by atoms with van der Waals surface area (Å²) in [6.07, 6.45) is -0.567. The van der Waals surface area contributed by atoms with Crippen molar-refractivity contribution in [2.24, 2.45) is 0 Å². The number of aromatic hydroxyl groups is 1. The Labute approximate surface area is 270 Å². The third-order valence-electron chi connectivity index (χ3n) is 9.87. The van der Waals surface area contributed by atoms with Crippen LogP contribution in [0.3, 0.4) is 0 Å². The van der Waals surface area contributed by atoms with E-state index in [2.05, 4.69) is 10.2 Å². The van der Waals surface area contributed by atoms with Crippen LogP contribution in [0.1, 0.15) is 64.6 Å². The summed E-state index contributed by atoms with van der Waals surface area (Å²) in [5.41, 5.74) is 4.24. The number of esters is 2. The van der Waals surface area contributed by atoms with Crippen LogP contribution in [-0.4, -0.2) is 95.5 Å². The largest absolute Gasteiger partial charge is 0.504 e. The molecule has 1 amide bonds. The smallest absolute Gasteiger partial charge is 0.329 e. The second-order valence-corrected chi connectivity index (χ2v) is 13.6. The van der Waals surface area contributed by atoms with Crippen LogP contribution in [0.4, 0.5) is 0 Å². The highest BCUT2D eigenvalue weighted by atomic mass is 32.2. The minimum absolute atomic E-state index is 0.0342. The summed E-state index contributed by atoms with van der Waals surface area (Å²) < 4.78 is 29.4. The van der Waals surface area contributed by atoms with Crippen molar-refractivity contribution >= 4 is 29.6 Å². The van der Waals surface area contributed by atoms with E-state index in [1.54, 1.807) is 6.92 Å². The zero-order valence-corrected chi connectivity index (χ0v) is 27.2. The average molecular weight is 656 g/mol. The molecule has 0 saturated carbocycles. The van der Waals surface area contributed by atoms with Gasteiger partial charge in [-0.2, -0.15) is 0 Å². The Bertz CT molecular complexity index is 1670. The number of fused-ring (bicyclic) bond motifs is 9. The van der Waals surface area contributed by atoms with Gasteiger partial charge in [-0.15, -0.1) is 11.8 Å². The van der Waals surface area contributed by atoms with E-state index in [0.717, 1.165) is 11.1 Å². The molecular weight excluding hydrogens is 618 g/mol. The predicted octanol–water partition coefficient (Wildman–Crippen LogP) is 2.16. The molecule has 2 aromatic rings. The molecule has 2 saturated heterocycles. The lowest BCUT2D eigenvalue weighted by Crippen LogP contribution is -2.69. The molecule has 5 aliphatic rings. The molecule has 46 heavy (non-hydrogen) atoms. The Morgan fingerprint density at radius 3 is 2.52 bits per heavy atom. The van der Waals surface area contributed by atoms with Gasteiger partial charge in [0.2, 0.25) is 12.7 Å². The van der Waals surface area contributed by atoms with E-state index in [9.17, 15) is 24.6 Å². The van der Waals surface area contributed by atoms with Crippen molar-refractivity contribution in [1.82, 2.24) is 15.1 Å². The number of cyclic esters (lactones) is 1. The maximum absolute atomic E-state index is 13.3. The van der Waals surface area contributed by atoms with Crippen LogP contribution >= 0.6 is 11.8 Å². The van der Waals surface area contributed by atoms with Crippen LogP contribution in [-0.2, 0) is 25.5 Å². The lowest BCUT2D eigenvalue weighted by molar-refractivity contribution is -0.184. The summed E-state index contributed by atoms with van der Waals surface area (Å²) in [5, 5.41) is 26.2. The molecular formula is C32H37N3O10S. The van der Waals surface area contributed by atoms with Gasteiger partial charge in [0.25, 0.3) is 0 Å². The molecule has 7 atom stereocenters. The zero-order valence-electron chi connectivity index (χ0n) is 26.4. The molecule has 0 spiro atoms. The number of thioether (sulfide) groups is 1. The Morgan fingerprint density at radius 1 is 1.09 bits per heavy atom. The van der Waals surface area contributed by atoms with Crippen LogP contribution < -0.4 is 24.3 Å². The number of aryl methyl sites for hydroxylation is 1. The van der Waals surface area contributed by atoms with Crippen LogP contribution in [0.2, 0.25) is 0 Å². The van der Waals surface area contributed by atoms with Gasteiger partial charge in [0.05, 0.1) is 30.5 Å². The number of benzene rings is 2. The van der Waals surface area contributed by atoms with Crippen molar-refractivity contribution in [1.29, 1.82) is 0 Å². The predicted molar refractivity (Wildman–Crippen MR) is 164 cm³/mol. The number of likely N-dealkylation sites (N-methyl/N-ethyl adjacent to an activating group) is 1. The number of hydrogen-bond acceptors (Lipinski definition) is 13.